The van der Waals surface area contributed by atoms with Gasteiger partial charge in [0.25, 0.3) is 0 Å². The minimum Gasteiger partial charge on any atom is -0.395 e. The van der Waals surface area contributed by atoms with E-state index in [1.807, 2.05) is 149 Å². The summed E-state index contributed by atoms with van der Waals surface area (Å²) in [5.74, 6) is 0. The Morgan fingerprint density at radius 2 is 0.641 bits per heavy atom. The van der Waals surface area contributed by atoms with E-state index in [0.29, 0.717) is 0 Å². The fraction of sp³-hybridized carbons (Fsp3) is 0.294. The molecule has 0 aliphatic heterocycles. The van der Waals surface area contributed by atoms with Gasteiger partial charge in [-0.1, -0.05) is 149 Å². The minimum atomic E-state index is -0.110. The molecule has 0 radical (unpaired) electrons. The molecule has 0 aliphatic carbocycles. The van der Waals surface area contributed by atoms with Crippen molar-refractivity contribution < 1.29 is 42.1 Å². The van der Waals surface area contributed by atoms with Crippen molar-refractivity contribution >= 4 is 0 Å². The Labute approximate surface area is 249 Å². The summed E-state index contributed by atoms with van der Waals surface area (Å²) in [4.78, 5) is 0. The zero-order valence-corrected chi connectivity index (χ0v) is 25.2. The van der Waals surface area contributed by atoms with Crippen LogP contribution in [0.15, 0.2) is 121 Å². The van der Waals surface area contributed by atoms with Crippen LogP contribution in [0.3, 0.4) is 0 Å². The molecule has 0 unspecified atom stereocenters. The van der Waals surface area contributed by atoms with Crippen LogP contribution in [-0.4, -0.2) is 33.6 Å². The molecule has 0 saturated carbocycles. The van der Waals surface area contributed by atoms with Gasteiger partial charge < -0.3 is 20.4 Å². The first kappa shape index (κ1) is 36.4. The second-order valence-corrected chi connectivity index (χ2v) is 10.1. The van der Waals surface area contributed by atoms with E-state index < -0.39 is 0 Å². The molecule has 0 spiro atoms. The third-order valence-corrected chi connectivity index (χ3v) is 5.95. The molecule has 0 aromatic heterocycles. The average Bonchev–Trinajstić information content (AvgIpc) is 3.00. The number of hydrogen-bond acceptors (Lipinski definition) is 4. The number of rotatable bonds is 6. The Hall–Kier alpha value is -2.57. The number of benzene rings is 4. The van der Waals surface area contributed by atoms with Gasteiger partial charge >= 0.3 is 0 Å². The van der Waals surface area contributed by atoms with Gasteiger partial charge in [0.2, 0.25) is 0 Å². The molecule has 0 atom stereocenters. The topological polar surface area (TPSA) is 80.9 Å². The van der Waals surface area contributed by atoms with Gasteiger partial charge in [0.1, 0.15) is 0 Å². The van der Waals surface area contributed by atoms with Crippen LogP contribution in [0.25, 0.3) is 0 Å². The van der Waals surface area contributed by atoms with Crippen molar-refractivity contribution in [3.8, 4) is 0 Å². The zero-order chi connectivity index (χ0) is 28.3. The molecule has 0 fully saturated rings. The van der Waals surface area contributed by atoms with Crippen LogP contribution in [0.5, 0.6) is 0 Å². The molecular formula is C34H44O4Ti. The Bertz CT molecular complexity index is 996. The van der Waals surface area contributed by atoms with Crippen molar-refractivity contribution in [2.45, 2.75) is 51.7 Å². The van der Waals surface area contributed by atoms with Crippen LogP contribution in [0.4, 0.5) is 0 Å². The number of aliphatic hydroxyl groups excluding tert-OH is 4. The van der Waals surface area contributed by atoms with E-state index in [9.17, 15) is 0 Å². The molecular weight excluding hydrogens is 520 g/mol. The summed E-state index contributed by atoms with van der Waals surface area (Å²) in [6.07, 6.45) is 0. The number of aliphatic hydroxyl groups is 4. The SMILES string of the molecule is CC(C)(CO)c1ccccc1.CC(C)(CO)c1ccccc1.OCc1ccccc1.OCc1ccccc1.[Ti]. The second kappa shape index (κ2) is 20.4. The summed E-state index contributed by atoms with van der Waals surface area (Å²) in [6.45, 7) is 8.78. The quantitative estimate of drug-likeness (QED) is 0.208. The van der Waals surface area contributed by atoms with Crippen LogP contribution >= 0.6 is 0 Å². The van der Waals surface area contributed by atoms with Gasteiger partial charge in [-0.3, -0.25) is 0 Å². The third kappa shape index (κ3) is 15.0. The predicted molar refractivity (Wildman–Crippen MR) is 158 cm³/mol. The third-order valence-electron chi connectivity index (χ3n) is 5.95. The fourth-order valence-corrected chi connectivity index (χ4v) is 3.13. The van der Waals surface area contributed by atoms with Crippen LogP contribution in [0, 0.1) is 0 Å². The standard InChI is InChI=1S/2C10H14O.2C7H8O.Ti/c2*1-10(2,8-11)9-6-4-3-5-7-9;2*8-6-7-4-2-1-3-5-7;/h2*3-7,11H,8H2,1-2H3;2*1-5,8H,6H2;. The van der Waals surface area contributed by atoms with E-state index in [4.69, 9.17) is 20.4 Å². The maximum absolute atomic E-state index is 9.05. The molecule has 4 N–H and O–H groups in total. The Morgan fingerprint density at radius 1 is 0.410 bits per heavy atom. The van der Waals surface area contributed by atoms with Crippen LogP contribution in [-0.2, 0) is 45.8 Å². The second-order valence-electron chi connectivity index (χ2n) is 10.1. The van der Waals surface area contributed by atoms with Crippen molar-refractivity contribution in [3.05, 3.63) is 144 Å². The first-order chi connectivity index (χ1) is 18.2. The van der Waals surface area contributed by atoms with Crippen LogP contribution in [0.2, 0.25) is 0 Å². The fourth-order valence-electron chi connectivity index (χ4n) is 3.13. The summed E-state index contributed by atoms with van der Waals surface area (Å²) in [5, 5.41) is 35.2. The van der Waals surface area contributed by atoms with Gasteiger partial charge in [0, 0.05) is 32.5 Å². The van der Waals surface area contributed by atoms with Gasteiger partial charge in [-0.05, 0) is 22.3 Å². The molecule has 39 heavy (non-hydrogen) atoms. The monoisotopic (exact) mass is 564 g/mol. The normalized spacial score (nSPS) is 10.3. The average molecular weight is 565 g/mol. The summed E-state index contributed by atoms with van der Waals surface area (Å²) in [5.41, 5.74) is 4.08. The molecule has 4 aromatic carbocycles. The van der Waals surface area contributed by atoms with Crippen molar-refractivity contribution in [3.63, 3.8) is 0 Å². The number of hydrogen-bond donors (Lipinski definition) is 4. The smallest absolute Gasteiger partial charge is 0.0681 e. The van der Waals surface area contributed by atoms with E-state index >= 15 is 0 Å². The van der Waals surface area contributed by atoms with Gasteiger partial charge in [0.05, 0.1) is 26.4 Å². The van der Waals surface area contributed by atoms with Crippen molar-refractivity contribution in [2.75, 3.05) is 13.2 Å². The first-order valence-corrected chi connectivity index (χ1v) is 12.8. The zero-order valence-electron chi connectivity index (χ0n) is 23.7. The van der Waals surface area contributed by atoms with E-state index in [2.05, 4.69) is 0 Å². The van der Waals surface area contributed by atoms with Gasteiger partial charge in [-0.25, -0.2) is 0 Å². The predicted octanol–water partition coefficient (Wildman–Crippen LogP) is 6.27. The summed E-state index contributed by atoms with van der Waals surface area (Å²) in [6, 6.07) is 39.1. The van der Waals surface area contributed by atoms with Crippen LogP contribution < -0.4 is 0 Å². The van der Waals surface area contributed by atoms with Gasteiger partial charge in [0.15, 0.2) is 0 Å². The molecule has 0 amide bonds. The Kier molecular flexibility index (Phi) is 19.0. The van der Waals surface area contributed by atoms with Crippen molar-refractivity contribution in [2.24, 2.45) is 0 Å². The molecule has 4 nitrogen and oxygen atoms in total. The molecule has 5 heteroatoms. The first-order valence-electron chi connectivity index (χ1n) is 12.8. The van der Waals surface area contributed by atoms with E-state index in [-0.39, 0.29) is 59.0 Å². The van der Waals surface area contributed by atoms with Crippen molar-refractivity contribution in [1.82, 2.24) is 0 Å². The molecule has 0 saturated heterocycles. The van der Waals surface area contributed by atoms with E-state index in [1.165, 1.54) is 11.1 Å². The van der Waals surface area contributed by atoms with Crippen molar-refractivity contribution in [1.29, 1.82) is 0 Å². The Morgan fingerprint density at radius 3 is 0.821 bits per heavy atom. The molecule has 0 bridgehead atoms. The summed E-state index contributed by atoms with van der Waals surface area (Å²) >= 11 is 0. The summed E-state index contributed by atoms with van der Waals surface area (Å²) < 4.78 is 0. The van der Waals surface area contributed by atoms with E-state index in [0.717, 1.165) is 11.1 Å². The molecule has 0 heterocycles. The molecule has 4 aromatic rings. The Balaban J connectivity index is 0.000000495. The maximum atomic E-state index is 9.05. The largest absolute Gasteiger partial charge is 0.395 e. The maximum Gasteiger partial charge on any atom is 0.0681 e. The molecule has 0 aliphatic rings. The molecule has 208 valence electrons. The van der Waals surface area contributed by atoms with Gasteiger partial charge in [-0.2, -0.15) is 0 Å². The summed E-state index contributed by atoms with van der Waals surface area (Å²) in [7, 11) is 0. The minimum absolute atomic E-state index is 0. The van der Waals surface area contributed by atoms with Gasteiger partial charge in [-0.15, -0.1) is 0 Å². The molecule has 4 rings (SSSR count). The van der Waals surface area contributed by atoms with E-state index in [1.54, 1.807) is 0 Å². The van der Waals surface area contributed by atoms with Crippen LogP contribution in [0.1, 0.15) is 49.9 Å².